The van der Waals surface area contributed by atoms with Crippen LogP contribution in [0, 0.1) is 5.92 Å². The van der Waals surface area contributed by atoms with Crippen molar-refractivity contribution in [1.29, 1.82) is 0 Å². The van der Waals surface area contributed by atoms with Gasteiger partial charge in [-0.2, -0.15) is 0 Å². The van der Waals surface area contributed by atoms with E-state index >= 15 is 0 Å². The maximum atomic E-state index is 5.27. The van der Waals surface area contributed by atoms with Crippen LogP contribution in [-0.2, 0) is 4.74 Å². The molecule has 0 spiro atoms. The standard InChI is InChI=1S/C7H15OS/c1-4-5-8-7(9)6(2)3/h6-7H,4-5H2,1-3H3. The molecule has 0 aromatic heterocycles. The lowest BCUT2D eigenvalue weighted by Crippen LogP contribution is -2.12. The molecule has 0 N–H and O–H groups in total. The summed E-state index contributed by atoms with van der Waals surface area (Å²) in [7, 11) is 0. The fourth-order valence-corrected chi connectivity index (χ4v) is 0.523. The summed E-state index contributed by atoms with van der Waals surface area (Å²) in [4.78, 5) is 0. The second kappa shape index (κ2) is 5.12. The molecule has 0 heterocycles. The lowest BCUT2D eigenvalue weighted by Gasteiger charge is -2.13. The molecule has 1 unspecified atom stereocenters. The van der Waals surface area contributed by atoms with Crippen molar-refractivity contribution in [1.82, 2.24) is 0 Å². The van der Waals surface area contributed by atoms with Crippen LogP contribution in [0.25, 0.3) is 0 Å². The molecule has 1 nitrogen and oxygen atoms in total. The summed E-state index contributed by atoms with van der Waals surface area (Å²) < 4.78 is 5.27. The minimum absolute atomic E-state index is 0.00458. The highest BCUT2D eigenvalue weighted by molar-refractivity contribution is 7.80. The molecule has 0 aliphatic carbocycles. The van der Waals surface area contributed by atoms with Gasteiger partial charge >= 0.3 is 0 Å². The molecule has 0 rings (SSSR count). The lowest BCUT2D eigenvalue weighted by atomic mass is 10.2. The molecule has 2 heteroatoms. The summed E-state index contributed by atoms with van der Waals surface area (Å²) in [6, 6.07) is 0. The lowest BCUT2D eigenvalue weighted by molar-refractivity contribution is 0.0857. The molecule has 0 bridgehead atoms. The second-order valence-electron chi connectivity index (χ2n) is 2.48. The first-order chi connectivity index (χ1) is 4.18. The van der Waals surface area contributed by atoms with Gasteiger partial charge in [-0.25, -0.2) is 0 Å². The molecular formula is C7H15OS. The van der Waals surface area contributed by atoms with Crippen LogP contribution >= 0.6 is 12.6 Å². The van der Waals surface area contributed by atoms with Gasteiger partial charge in [0, 0.05) is 6.61 Å². The zero-order chi connectivity index (χ0) is 7.28. The Kier molecular flexibility index (Phi) is 5.30. The molecule has 0 aromatic carbocycles. The molecular weight excluding hydrogens is 132 g/mol. The molecule has 0 fully saturated rings. The van der Waals surface area contributed by atoms with Gasteiger partial charge in [0.1, 0.15) is 5.44 Å². The third kappa shape index (κ3) is 4.79. The summed E-state index contributed by atoms with van der Waals surface area (Å²) in [5.41, 5.74) is 0.00458. The zero-order valence-corrected chi connectivity index (χ0v) is 7.20. The van der Waals surface area contributed by atoms with E-state index in [9.17, 15) is 0 Å². The largest absolute Gasteiger partial charge is 0.366 e. The smallest absolute Gasteiger partial charge is 0.115 e. The van der Waals surface area contributed by atoms with Crippen LogP contribution in [-0.4, -0.2) is 12.0 Å². The van der Waals surface area contributed by atoms with Crippen molar-refractivity contribution in [3.8, 4) is 0 Å². The Bertz CT molecular complexity index is 63.9. The monoisotopic (exact) mass is 147 g/mol. The predicted molar refractivity (Wildman–Crippen MR) is 42.5 cm³/mol. The van der Waals surface area contributed by atoms with Gasteiger partial charge in [-0.1, -0.05) is 33.4 Å². The number of rotatable bonds is 4. The Labute approximate surface area is 63.2 Å². The fourth-order valence-electron chi connectivity index (χ4n) is 0.426. The first kappa shape index (κ1) is 9.31. The molecule has 1 atom stereocenters. The highest BCUT2D eigenvalue weighted by atomic mass is 32.1. The third-order valence-corrected chi connectivity index (χ3v) is 1.71. The van der Waals surface area contributed by atoms with E-state index in [0.29, 0.717) is 5.92 Å². The molecule has 0 saturated heterocycles. The third-order valence-electron chi connectivity index (χ3n) is 1.03. The summed E-state index contributed by atoms with van der Waals surface area (Å²) in [5, 5.41) is 0. The van der Waals surface area contributed by atoms with E-state index < -0.39 is 0 Å². The first-order valence-corrected chi connectivity index (χ1v) is 3.93. The minimum atomic E-state index is 0.00458. The van der Waals surface area contributed by atoms with Gasteiger partial charge in [0.2, 0.25) is 0 Å². The van der Waals surface area contributed by atoms with E-state index in [1.54, 1.807) is 0 Å². The van der Waals surface area contributed by atoms with Crippen LogP contribution in [0.5, 0.6) is 0 Å². The van der Waals surface area contributed by atoms with Crippen molar-refractivity contribution < 1.29 is 4.74 Å². The van der Waals surface area contributed by atoms with Gasteiger partial charge in [-0.15, -0.1) is 0 Å². The van der Waals surface area contributed by atoms with Crippen molar-refractivity contribution >= 4 is 12.6 Å². The summed E-state index contributed by atoms with van der Waals surface area (Å²) in [6.07, 6.45) is 1.06. The van der Waals surface area contributed by atoms with Crippen molar-refractivity contribution in [3.05, 3.63) is 0 Å². The average Bonchev–Trinajstić information content (AvgIpc) is 1.82. The van der Waals surface area contributed by atoms with Crippen LogP contribution < -0.4 is 0 Å². The highest BCUT2D eigenvalue weighted by Gasteiger charge is 2.06. The van der Waals surface area contributed by atoms with E-state index in [0.717, 1.165) is 13.0 Å². The maximum Gasteiger partial charge on any atom is 0.115 e. The number of hydrogen-bond donors (Lipinski definition) is 0. The predicted octanol–water partition coefficient (Wildman–Crippen LogP) is 2.59. The summed E-state index contributed by atoms with van der Waals surface area (Å²) in [5.74, 6) is 0.464. The van der Waals surface area contributed by atoms with Gasteiger partial charge < -0.3 is 4.74 Å². The van der Waals surface area contributed by atoms with Crippen molar-refractivity contribution in [3.63, 3.8) is 0 Å². The van der Waals surface area contributed by atoms with E-state index in [-0.39, 0.29) is 5.44 Å². The molecule has 0 aliphatic rings. The van der Waals surface area contributed by atoms with Gasteiger partial charge in [-0.3, -0.25) is 0 Å². The zero-order valence-electron chi connectivity index (χ0n) is 6.39. The van der Waals surface area contributed by atoms with Crippen LogP contribution in [0.1, 0.15) is 27.2 Å². The van der Waals surface area contributed by atoms with E-state index in [4.69, 9.17) is 17.4 Å². The Balaban J connectivity index is 3.16. The van der Waals surface area contributed by atoms with Crippen LogP contribution in [0.2, 0.25) is 0 Å². The molecule has 9 heavy (non-hydrogen) atoms. The van der Waals surface area contributed by atoms with Gasteiger partial charge in [0.15, 0.2) is 0 Å². The maximum absolute atomic E-state index is 5.27. The van der Waals surface area contributed by atoms with Crippen molar-refractivity contribution in [2.24, 2.45) is 5.92 Å². The van der Waals surface area contributed by atoms with Gasteiger partial charge in [0.05, 0.1) is 0 Å². The summed E-state index contributed by atoms with van der Waals surface area (Å²) >= 11 is 5.00. The Morgan fingerprint density at radius 1 is 1.44 bits per heavy atom. The number of hydrogen-bond acceptors (Lipinski definition) is 1. The van der Waals surface area contributed by atoms with Crippen molar-refractivity contribution in [2.45, 2.75) is 32.6 Å². The average molecular weight is 147 g/mol. The van der Waals surface area contributed by atoms with Crippen LogP contribution in [0.3, 0.4) is 0 Å². The Morgan fingerprint density at radius 3 is 2.33 bits per heavy atom. The molecule has 0 amide bonds. The van der Waals surface area contributed by atoms with Crippen LogP contribution in [0.4, 0.5) is 0 Å². The van der Waals surface area contributed by atoms with Crippen LogP contribution in [0.15, 0.2) is 0 Å². The van der Waals surface area contributed by atoms with E-state index in [1.807, 2.05) is 0 Å². The first-order valence-electron chi connectivity index (χ1n) is 3.46. The van der Waals surface area contributed by atoms with Gasteiger partial charge in [-0.05, 0) is 12.3 Å². The molecule has 1 radical (unpaired) electrons. The van der Waals surface area contributed by atoms with E-state index in [1.165, 1.54) is 0 Å². The fraction of sp³-hybridized carbons (Fsp3) is 1.00. The quantitative estimate of drug-likeness (QED) is 0.594. The Hall–Kier alpha value is 0.310. The molecule has 0 saturated carbocycles. The summed E-state index contributed by atoms with van der Waals surface area (Å²) in [6.45, 7) is 7.04. The SMILES string of the molecule is CCCOC([S])C(C)C. The van der Waals surface area contributed by atoms with E-state index in [2.05, 4.69) is 20.8 Å². The normalized spacial score (nSPS) is 14.3. The Morgan fingerprint density at radius 2 is 2.00 bits per heavy atom. The number of ether oxygens (including phenoxy) is 1. The highest BCUT2D eigenvalue weighted by Crippen LogP contribution is 2.09. The van der Waals surface area contributed by atoms with Crippen molar-refractivity contribution in [2.75, 3.05) is 6.61 Å². The topological polar surface area (TPSA) is 9.23 Å². The molecule has 0 aliphatic heterocycles. The minimum Gasteiger partial charge on any atom is -0.366 e. The molecule has 0 aromatic rings. The second-order valence-corrected chi connectivity index (χ2v) is 2.95. The van der Waals surface area contributed by atoms with Gasteiger partial charge in [0.25, 0.3) is 0 Å². The molecule has 55 valence electrons.